The highest BCUT2D eigenvalue weighted by Gasteiger charge is 2.22. The zero-order valence-electron chi connectivity index (χ0n) is 11.4. The van der Waals surface area contributed by atoms with Crippen LogP contribution in [0.15, 0.2) is 12.4 Å². The number of aryl methyl sites for hydroxylation is 1. The van der Waals surface area contributed by atoms with Gasteiger partial charge in [-0.15, -0.1) is 0 Å². The third kappa shape index (κ3) is 2.21. The highest BCUT2D eigenvalue weighted by Crippen LogP contribution is 2.31. The maximum Gasteiger partial charge on any atom is 0.341 e. The number of rotatable bonds is 3. The van der Waals surface area contributed by atoms with Gasteiger partial charge in [-0.05, 0) is 25.7 Å². The molecule has 2 heterocycles. The molecule has 0 amide bonds. The van der Waals surface area contributed by atoms with Crippen LogP contribution in [-0.2, 0) is 7.05 Å². The Morgan fingerprint density at radius 3 is 2.80 bits per heavy atom. The molecule has 6 nitrogen and oxygen atoms in total. The van der Waals surface area contributed by atoms with Gasteiger partial charge in [0.1, 0.15) is 11.3 Å². The number of ether oxygens (including phenoxy) is 1. The minimum absolute atomic E-state index is 0.0904. The van der Waals surface area contributed by atoms with Gasteiger partial charge in [0.15, 0.2) is 5.65 Å². The molecule has 6 heteroatoms. The fourth-order valence-electron chi connectivity index (χ4n) is 2.70. The van der Waals surface area contributed by atoms with Crippen LogP contribution in [0.4, 0.5) is 0 Å². The van der Waals surface area contributed by atoms with Gasteiger partial charge in [-0.3, -0.25) is 4.68 Å². The summed E-state index contributed by atoms with van der Waals surface area (Å²) in [5.41, 5.74) is 0.747. The molecule has 1 aliphatic carbocycles. The van der Waals surface area contributed by atoms with Gasteiger partial charge in [-0.25, -0.2) is 9.78 Å². The van der Waals surface area contributed by atoms with Crippen LogP contribution in [0.2, 0.25) is 0 Å². The van der Waals surface area contributed by atoms with Crippen LogP contribution in [0.5, 0.6) is 5.75 Å². The zero-order chi connectivity index (χ0) is 14.1. The van der Waals surface area contributed by atoms with Crippen molar-refractivity contribution in [1.82, 2.24) is 14.8 Å². The van der Waals surface area contributed by atoms with Gasteiger partial charge >= 0.3 is 5.97 Å². The molecule has 3 rings (SSSR count). The Kier molecular flexibility index (Phi) is 3.30. The van der Waals surface area contributed by atoms with E-state index in [1.807, 2.05) is 0 Å². The molecule has 1 N–H and O–H groups in total. The van der Waals surface area contributed by atoms with Gasteiger partial charge in [0.25, 0.3) is 0 Å². The summed E-state index contributed by atoms with van der Waals surface area (Å²) in [4.78, 5) is 15.5. The fourth-order valence-corrected chi connectivity index (χ4v) is 2.70. The van der Waals surface area contributed by atoms with Crippen molar-refractivity contribution in [2.75, 3.05) is 0 Å². The lowest BCUT2D eigenvalue weighted by Crippen LogP contribution is -2.21. The second kappa shape index (κ2) is 5.11. The number of hydrogen-bond donors (Lipinski definition) is 1. The maximum absolute atomic E-state index is 11.4. The highest BCUT2D eigenvalue weighted by atomic mass is 16.5. The standard InChI is InChI=1S/C14H17N3O3/c1-17-13-10(8-16-17)12(11(7-15-13)14(18)19)20-9-5-3-2-4-6-9/h7-9H,2-6H2,1H3,(H,18,19). The van der Waals surface area contributed by atoms with Gasteiger partial charge in [0, 0.05) is 13.2 Å². The number of carboxylic acids is 1. The molecule has 0 bridgehead atoms. The molecule has 0 aliphatic heterocycles. The Bertz CT molecular complexity index is 644. The van der Waals surface area contributed by atoms with Crippen molar-refractivity contribution in [2.45, 2.75) is 38.2 Å². The highest BCUT2D eigenvalue weighted by molar-refractivity contribution is 5.97. The molecule has 2 aromatic heterocycles. The van der Waals surface area contributed by atoms with E-state index in [1.165, 1.54) is 12.6 Å². The predicted octanol–water partition coefficient (Wildman–Crippen LogP) is 2.38. The summed E-state index contributed by atoms with van der Waals surface area (Å²) >= 11 is 0. The SMILES string of the molecule is Cn1ncc2c(OC3CCCCC3)c(C(=O)O)cnc21. The van der Waals surface area contributed by atoms with Crippen LogP contribution in [-0.4, -0.2) is 31.9 Å². The molecule has 106 valence electrons. The van der Waals surface area contributed by atoms with Crippen LogP contribution in [0, 0.1) is 0 Å². The van der Waals surface area contributed by atoms with E-state index in [0.29, 0.717) is 16.8 Å². The molecule has 0 atom stereocenters. The number of fused-ring (bicyclic) bond motifs is 1. The molecular formula is C14H17N3O3. The molecule has 0 radical (unpaired) electrons. The smallest absolute Gasteiger partial charge is 0.341 e. The minimum atomic E-state index is -1.02. The van der Waals surface area contributed by atoms with Crippen molar-refractivity contribution in [2.24, 2.45) is 7.05 Å². The Hall–Kier alpha value is -2.11. The van der Waals surface area contributed by atoms with Crippen LogP contribution >= 0.6 is 0 Å². The summed E-state index contributed by atoms with van der Waals surface area (Å²) in [6.45, 7) is 0. The summed E-state index contributed by atoms with van der Waals surface area (Å²) in [5.74, 6) is -0.614. The Labute approximate surface area is 116 Å². The van der Waals surface area contributed by atoms with E-state index in [2.05, 4.69) is 10.1 Å². The fraction of sp³-hybridized carbons (Fsp3) is 0.500. The average Bonchev–Trinajstić information content (AvgIpc) is 2.82. The number of hydrogen-bond acceptors (Lipinski definition) is 4. The number of aromatic carboxylic acids is 1. The number of carboxylic acid groups (broad SMARTS) is 1. The molecule has 0 saturated heterocycles. The summed E-state index contributed by atoms with van der Waals surface area (Å²) in [5, 5.41) is 14.1. The van der Waals surface area contributed by atoms with E-state index in [4.69, 9.17) is 4.74 Å². The number of pyridine rings is 1. The second-order valence-electron chi connectivity index (χ2n) is 5.19. The van der Waals surface area contributed by atoms with Gasteiger partial charge in [-0.2, -0.15) is 5.10 Å². The Morgan fingerprint density at radius 1 is 1.35 bits per heavy atom. The van der Waals surface area contributed by atoms with E-state index in [-0.39, 0.29) is 11.7 Å². The summed E-state index contributed by atoms with van der Waals surface area (Å²) in [7, 11) is 1.78. The molecule has 1 fully saturated rings. The van der Waals surface area contributed by atoms with E-state index < -0.39 is 5.97 Å². The molecule has 1 aliphatic rings. The Balaban J connectivity index is 2.04. The second-order valence-corrected chi connectivity index (χ2v) is 5.19. The van der Waals surface area contributed by atoms with Gasteiger partial charge in [0.05, 0.1) is 17.7 Å². The van der Waals surface area contributed by atoms with E-state index in [0.717, 1.165) is 25.7 Å². The first-order valence-electron chi connectivity index (χ1n) is 6.87. The van der Waals surface area contributed by atoms with Crippen LogP contribution < -0.4 is 4.74 Å². The predicted molar refractivity (Wildman–Crippen MR) is 73.0 cm³/mol. The van der Waals surface area contributed by atoms with Gasteiger partial charge in [0.2, 0.25) is 0 Å². The van der Waals surface area contributed by atoms with E-state index in [9.17, 15) is 9.90 Å². The third-order valence-electron chi connectivity index (χ3n) is 3.78. The topological polar surface area (TPSA) is 77.2 Å². The average molecular weight is 275 g/mol. The van der Waals surface area contributed by atoms with Crippen LogP contribution in [0.1, 0.15) is 42.5 Å². The quantitative estimate of drug-likeness (QED) is 0.930. The van der Waals surface area contributed by atoms with E-state index in [1.54, 1.807) is 17.9 Å². The Morgan fingerprint density at radius 2 is 2.10 bits per heavy atom. The number of nitrogens with zero attached hydrogens (tertiary/aromatic N) is 3. The molecule has 0 spiro atoms. The first-order chi connectivity index (χ1) is 9.66. The minimum Gasteiger partial charge on any atom is -0.489 e. The van der Waals surface area contributed by atoms with Crippen LogP contribution in [0.25, 0.3) is 11.0 Å². The molecule has 0 aromatic carbocycles. The molecule has 0 unspecified atom stereocenters. The zero-order valence-corrected chi connectivity index (χ0v) is 11.4. The monoisotopic (exact) mass is 275 g/mol. The molecule has 2 aromatic rings. The third-order valence-corrected chi connectivity index (χ3v) is 3.78. The number of carbonyl (C=O) groups is 1. The van der Waals surface area contributed by atoms with Crippen molar-refractivity contribution in [1.29, 1.82) is 0 Å². The molecular weight excluding hydrogens is 258 g/mol. The lowest BCUT2D eigenvalue weighted by molar-refractivity contribution is 0.0686. The lowest BCUT2D eigenvalue weighted by Gasteiger charge is -2.24. The van der Waals surface area contributed by atoms with Crippen molar-refractivity contribution < 1.29 is 14.6 Å². The first-order valence-corrected chi connectivity index (χ1v) is 6.87. The van der Waals surface area contributed by atoms with Crippen molar-refractivity contribution in [3.05, 3.63) is 18.0 Å². The lowest BCUT2D eigenvalue weighted by atomic mass is 9.97. The molecule has 20 heavy (non-hydrogen) atoms. The molecule has 1 saturated carbocycles. The normalized spacial score (nSPS) is 16.4. The largest absolute Gasteiger partial charge is 0.489 e. The first kappa shape index (κ1) is 12.9. The van der Waals surface area contributed by atoms with Crippen molar-refractivity contribution in [3.63, 3.8) is 0 Å². The van der Waals surface area contributed by atoms with Crippen molar-refractivity contribution in [3.8, 4) is 5.75 Å². The van der Waals surface area contributed by atoms with E-state index >= 15 is 0 Å². The summed E-state index contributed by atoms with van der Waals surface area (Å²) < 4.78 is 7.62. The number of aromatic nitrogens is 3. The van der Waals surface area contributed by atoms with Crippen molar-refractivity contribution >= 4 is 17.0 Å². The summed E-state index contributed by atoms with van der Waals surface area (Å²) in [6.07, 6.45) is 8.50. The van der Waals surface area contributed by atoms with Gasteiger partial charge < -0.3 is 9.84 Å². The summed E-state index contributed by atoms with van der Waals surface area (Å²) in [6, 6.07) is 0. The maximum atomic E-state index is 11.4. The van der Waals surface area contributed by atoms with Gasteiger partial charge in [-0.1, -0.05) is 6.42 Å². The van der Waals surface area contributed by atoms with Crippen LogP contribution in [0.3, 0.4) is 0 Å².